The van der Waals surface area contributed by atoms with Crippen LogP contribution in [0.1, 0.15) is 41.6 Å². The van der Waals surface area contributed by atoms with Crippen LogP contribution >= 0.6 is 0 Å². The predicted molar refractivity (Wildman–Crippen MR) is 126 cm³/mol. The van der Waals surface area contributed by atoms with Crippen molar-refractivity contribution in [3.63, 3.8) is 0 Å². The Hall–Kier alpha value is -3.17. The van der Waals surface area contributed by atoms with Crippen LogP contribution in [-0.2, 0) is 16.6 Å². The van der Waals surface area contributed by atoms with Gasteiger partial charge in [-0.15, -0.1) is 0 Å². The lowest BCUT2D eigenvalue weighted by atomic mass is 10.1. The average molecular weight is 470 g/mol. The van der Waals surface area contributed by atoms with Gasteiger partial charge in [0.15, 0.2) is 0 Å². The molecule has 1 aromatic heterocycles. The van der Waals surface area contributed by atoms with Crippen molar-refractivity contribution >= 4 is 26.8 Å². The fraction of sp³-hybridized carbons (Fsp3) is 0.333. The quantitative estimate of drug-likeness (QED) is 0.577. The topological polar surface area (TPSA) is 109 Å². The van der Waals surface area contributed by atoms with Crippen LogP contribution in [0.2, 0.25) is 0 Å². The number of fused-ring (bicyclic) bond motifs is 1. The van der Waals surface area contributed by atoms with E-state index < -0.39 is 21.5 Å². The Bertz CT molecular complexity index is 1330. The van der Waals surface area contributed by atoms with Crippen molar-refractivity contribution in [3.05, 3.63) is 70.0 Å². The van der Waals surface area contributed by atoms with Gasteiger partial charge in [0.1, 0.15) is 5.75 Å². The van der Waals surface area contributed by atoms with E-state index in [1.54, 1.807) is 13.2 Å². The Morgan fingerprint density at radius 2 is 1.82 bits per heavy atom. The van der Waals surface area contributed by atoms with Crippen LogP contribution in [-0.4, -0.2) is 43.8 Å². The number of carbonyl (C=O) groups is 1. The van der Waals surface area contributed by atoms with Crippen molar-refractivity contribution in [1.82, 2.24) is 14.6 Å². The summed E-state index contributed by atoms with van der Waals surface area (Å²) in [4.78, 5) is 27.9. The maximum absolute atomic E-state index is 13.2. The number of pyridine rings is 1. The second-order valence-electron chi connectivity index (χ2n) is 8.11. The molecule has 8 nitrogen and oxygen atoms in total. The van der Waals surface area contributed by atoms with Gasteiger partial charge in [0.2, 0.25) is 15.6 Å². The third-order valence-electron chi connectivity index (χ3n) is 5.85. The van der Waals surface area contributed by atoms with Crippen LogP contribution in [0.3, 0.4) is 0 Å². The molecule has 0 atom stereocenters. The molecule has 3 aromatic rings. The molecule has 2 heterocycles. The molecular formula is C24H27N3O5S. The highest BCUT2D eigenvalue weighted by Crippen LogP contribution is 2.25. The van der Waals surface area contributed by atoms with Gasteiger partial charge >= 0.3 is 0 Å². The van der Waals surface area contributed by atoms with Crippen LogP contribution in [0.15, 0.2) is 58.2 Å². The Balaban J connectivity index is 1.66. The molecule has 0 radical (unpaired) electrons. The van der Waals surface area contributed by atoms with Gasteiger partial charge < -0.3 is 15.0 Å². The molecule has 1 fully saturated rings. The minimum atomic E-state index is -3.70. The van der Waals surface area contributed by atoms with Gasteiger partial charge in [-0.2, -0.15) is 4.31 Å². The summed E-state index contributed by atoms with van der Waals surface area (Å²) in [5, 5.41) is 3.19. The van der Waals surface area contributed by atoms with E-state index in [2.05, 4.69) is 10.3 Å². The molecule has 4 rings (SSSR count). The minimum absolute atomic E-state index is 0.116. The zero-order chi connectivity index (χ0) is 23.4. The molecule has 0 unspecified atom stereocenters. The van der Waals surface area contributed by atoms with Crippen LogP contribution < -0.4 is 15.6 Å². The molecule has 2 aromatic carbocycles. The number of amides is 1. The molecule has 0 aliphatic carbocycles. The van der Waals surface area contributed by atoms with Crippen molar-refractivity contribution in [3.8, 4) is 5.75 Å². The summed E-state index contributed by atoms with van der Waals surface area (Å²) < 4.78 is 33.2. The number of methoxy groups -OCH3 is 1. The Labute approximate surface area is 192 Å². The number of aromatic nitrogens is 1. The van der Waals surface area contributed by atoms with Gasteiger partial charge in [-0.1, -0.05) is 25.0 Å². The number of H-pyrrole nitrogens is 1. The standard InChI is InChI=1S/C24H27N3O5S/c1-32-18-8-6-7-17(13-18)16-25-24(29)21-15-23(28)26-22-10-9-19(14-20(21)22)33(30,31)27-11-4-2-3-5-12-27/h6-10,13-15H,2-5,11-12,16H2,1H3,(H,25,29)(H,26,28). The largest absolute Gasteiger partial charge is 0.497 e. The Morgan fingerprint density at radius 1 is 1.06 bits per heavy atom. The molecule has 1 aliphatic rings. The van der Waals surface area contributed by atoms with E-state index in [4.69, 9.17) is 4.74 Å². The minimum Gasteiger partial charge on any atom is -0.497 e. The first-order valence-electron chi connectivity index (χ1n) is 11.0. The van der Waals surface area contributed by atoms with Crippen LogP contribution in [0.5, 0.6) is 5.75 Å². The average Bonchev–Trinajstić information content (AvgIpc) is 3.12. The first kappa shape index (κ1) is 23.0. The number of hydrogen-bond acceptors (Lipinski definition) is 5. The molecule has 174 valence electrons. The van der Waals surface area contributed by atoms with Crippen LogP contribution in [0.4, 0.5) is 0 Å². The third kappa shape index (κ3) is 5.09. The van der Waals surface area contributed by atoms with Gasteiger partial charge in [0, 0.05) is 36.6 Å². The molecule has 0 bridgehead atoms. The van der Waals surface area contributed by atoms with Crippen molar-refractivity contribution in [2.24, 2.45) is 0 Å². The van der Waals surface area contributed by atoms with E-state index in [1.165, 1.54) is 22.5 Å². The van der Waals surface area contributed by atoms with E-state index in [-0.39, 0.29) is 17.0 Å². The number of sulfonamides is 1. The highest BCUT2D eigenvalue weighted by molar-refractivity contribution is 7.89. The highest BCUT2D eigenvalue weighted by Gasteiger charge is 2.26. The molecular weight excluding hydrogens is 442 g/mol. The van der Waals surface area contributed by atoms with Crippen molar-refractivity contribution in [2.45, 2.75) is 37.1 Å². The lowest BCUT2D eigenvalue weighted by molar-refractivity contribution is 0.0952. The molecule has 0 spiro atoms. The number of nitrogens with one attached hydrogen (secondary N) is 2. The van der Waals surface area contributed by atoms with Gasteiger partial charge in [-0.3, -0.25) is 9.59 Å². The molecule has 33 heavy (non-hydrogen) atoms. The van der Waals surface area contributed by atoms with Crippen molar-refractivity contribution in [1.29, 1.82) is 0 Å². The summed E-state index contributed by atoms with van der Waals surface area (Å²) in [5.74, 6) is 0.213. The third-order valence-corrected chi connectivity index (χ3v) is 7.74. The maximum atomic E-state index is 13.2. The lowest BCUT2D eigenvalue weighted by Gasteiger charge is -2.20. The van der Waals surface area contributed by atoms with Gasteiger partial charge in [-0.25, -0.2) is 8.42 Å². The molecule has 1 saturated heterocycles. The van der Waals surface area contributed by atoms with Crippen LogP contribution in [0, 0.1) is 0 Å². The predicted octanol–water partition coefficient (Wildman–Crippen LogP) is 3.03. The SMILES string of the molecule is COc1cccc(CNC(=O)c2cc(=O)[nH]c3ccc(S(=O)(=O)N4CCCCCC4)cc23)c1. The Morgan fingerprint density at radius 3 is 2.55 bits per heavy atom. The summed E-state index contributed by atoms with van der Waals surface area (Å²) in [7, 11) is -2.13. The van der Waals surface area contributed by atoms with E-state index in [9.17, 15) is 18.0 Å². The summed E-state index contributed by atoms with van der Waals surface area (Å²) in [6.07, 6.45) is 3.70. The van der Waals surface area contributed by atoms with Gasteiger partial charge in [0.05, 0.1) is 17.6 Å². The van der Waals surface area contributed by atoms with E-state index in [0.29, 0.717) is 29.7 Å². The fourth-order valence-corrected chi connectivity index (χ4v) is 5.62. The second-order valence-corrected chi connectivity index (χ2v) is 10.0. The molecule has 9 heteroatoms. The number of ether oxygens (including phenoxy) is 1. The fourth-order valence-electron chi connectivity index (χ4n) is 4.07. The van der Waals surface area contributed by atoms with Gasteiger partial charge in [0.25, 0.3) is 5.91 Å². The zero-order valence-electron chi connectivity index (χ0n) is 18.5. The number of nitrogens with zero attached hydrogens (tertiary/aromatic N) is 1. The highest BCUT2D eigenvalue weighted by atomic mass is 32.2. The molecule has 1 aliphatic heterocycles. The number of hydrogen-bond donors (Lipinski definition) is 2. The number of benzene rings is 2. The maximum Gasteiger partial charge on any atom is 0.252 e. The van der Waals surface area contributed by atoms with E-state index in [0.717, 1.165) is 31.2 Å². The number of carbonyl (C=O) groups excluding carboxylic acids is 1. The lowest BCUT2D eigenvalue weighted by Crippen LogP contribution is -2.32. The number of aromatic amines is 1. The van der Waals surface area contributed by atoms with Crippen molar-refractivity contribution in [2.75, 3.05) is 20.2 Å². The Kier molecular flexibility index (Phi) is 6.80. The van der Waals surface area contributed by atoms with E-state index in [1.807, 2.05) is 24.3 Å². The normalized spacial score (nSPS) is 15.2. The molecule has 1 amide bonds. The first-order chi connectivity index (χ1) is 15.9. The summed E-state index contributed by atoms with van der Waals surface area (Å²) >= 11 is 0. The number of rotatable bonds is 6. The summed E-state index contributed by atoms with van der Waals surface area (Å²) in [6, 6.07) is 13.0. The monoisotopic (exact) mass is 469 g/mol. The smallest absolute Gasteiger partial charge is 0.252 e. The van der Waals surface area contributed by atoms with E-state index >= 15 is 0 Å². The summed E-state index contributed by atoms with van der Waals surface area (Å²) in [6.45, 7) is 1.20. The van der Waals surface area contributed by atoms with Crippen LogP contribution in [0.25, 0.3) is 10.9 Å². The van der Waals surface area contributed by atoms with Crippen molar-refractivity contribution < 1.29 is 17.9 Å². The summed E-state index contributed by atoms with van der Waals surface area (Å²) in [5.41, 5.74) is 0.937. The second kappa shape index (κ2) is 9.76. The van der Waals surface area contributed by atoms with Gasteiger partial charge in [-0.05, 0) is 48.7 Å². The molecule has 0 saturated carbocycles. The first-order valence-corrected chi connectivity index (χ1v) is 12.4. The molecule has 2 N–H and O–H groups in total. The zero-order valence-corrected chi connectivity index (χ0v) is 19.3.